The average Bonchev–Trinajstić information content (AvgIpc) is 3.64. The molecular weight excluding hydrogens is 486 g/mol. The standard InChI is InChI=1S/C27H20ClN9/c1-15(24-20-6-5-18(28)12-22(20)37(34-24)19-3-2-9-30-13-19)36-27-23(26(29)32-14-33-27)25(35-36)17-4-7-21-16(11-17)8-10-31-21/h2-15,31H,1H3,(H2,29,32,33). The molecule has 0 spiro atoms. The van der Waals surface area contributed by atoms with E-state index in [1.165, 1.54) is 6.33 Å². The number of aromatic amines is 1. The molecule has 3 N–H and O–H groups in total. The van der Waals surface area contributed by atoms with E-state index in [-0.39, 0.29) is 6.04 Å². The number of anilines is 1. The zero-order chi connectivity index (χ0) is 25.1. The Balaban J connectivity index is 1.45. The van der Waals surface area contributed by atoms with Crippen molar-refractivity contribution < 1.29 is 0 Å². The lowest BCUT2D eigenvalue weighted by atomic mass is 10.1. The van der Waals surface area contributed by atoms with Crippen LogP contribution in [0, 0.1) is 0 Å². The molecule has 0 fully saturated rings. The molecule has 0 amide bonds. The Kier molecular flexibility index (Phi) is 4.73. The summed E-state index contributed by atoms with van der Waals surface area (Å²) < 4.78 is 3.73. The topological polar surface area (TPSA) is 116 Å². The summed E-state index contributed by atoms with van der Waals surface area (Å²) in [5.74, 6) is 0.380. The van der Waals surface area contributed by atoms with Gasteiger partial charge in [-0.3, -0.25) is 4.98 Å². The number of benzene rings is 2. The Labute approximate surface area is 215 Å². The van der Waals surface area contributed by atoms with Gasteiger partial charge in [-0.25, -0.2) is 19.3 Å². The molecule has 0 saturated carbocycles. The highest BCUT2D eigenvalue weighted by Gasteiger charge is 2.25. The van der Waals surface area contributed by atoms with Crippen molar-refractivity contribution >= 4 is 50.3 Å². The molecule has 9 nitrogen and oxygen atoms in total. The largest absolute Gasteiger partial charge is 0.383 e. The molecule has 37 heavy (non-hydrogen) atoms. The number of pyridine rings is 1. The third-order valence-corrected chi connectivity index (χ3v) is 6.90. The van der Waals surface area contributed by atoms with Crippen LogP contribution in [0.1, 0.15) is 18.7 Å². The molecular formula is C27H20ClN9. The second-order valence-electron chi connectivity index (χ2n) is 8.88. The van der Waals surface area contributed by atoms with Crippen molar-refractivity contribution in [2.24, 2.45) is 0 Å². The third-order valence-electron chi connectivity index (χ3n) is 6.67. The molecule has 2 aromatic carbocycles. The number of nitrogens with zero attached hydrogens (tertiary/aromatic N) is 7. The molecule has 10 heteroatoms. The zero-order valence-electron chi connectivity index (χ0n) is 19.7. The van der Waals surface area contributed by atoms with Gasteiger partial charge in [0.1, 0.15) is 17.8 Å². The van der Waals surface area contributed by atoms with Crippen molar-refractivity contribution in [3.63, 3.8) is 0 Å². The maximum Gasteiger partial charge on any atom is 0.164 e. The molecule has 5 heterocycles. The van der Waals surface area contributed by atoms with Crippen LogP contribution in [0.4, 0.5) is 5.82 Å². The maximum absolute atomic E-state index is 6.38. The van der Waals surface area contributed by atoms with Gasteiger partial charge in [0.2, 0.25) is 0 Å². The first-order valence-corrected chi connectivity index (χ1v) is 12.1. The lowest BCUT2D eigenvalue weighted by Crippen LogP contribution is -2.11. The molecule has 180 valence electrons. The molecule has 0 radical (unpaired) electrons. The molecule has 1 unspecified atom stereocenters. The summed E-state index contributed by atoms with van der Waals surface area (Å²) in [6, 6.07) is 17.5. The van der Waals surface area contributed by atoms with Crippen molar-refractivity contribution in [1.82, 2.24) is 39.5 Å². The summed E-state index contributed by atoms with van der Waals surface area (Å²) in [5, 5.41) is 13.4. The summed E-state index contributed by atoms with van der Waals surface area (Å²) in [6.07, 6.45) is 6.89. The molecule has 7 aromatic rings. The second kappa shape index (κ2) is 8.14. The van der Waals surface area contributed by atoms with Crippen LogP contribution in [-0.2, 0) is 0 Å². The lowest BCUT2D eigenvalue weighted by Gasteiger charge is -2.11. The SMILES string of the molecule is CC(c1nn(-c2cccnc2)c2cc(Cl)ccc12)n1nc(-c2ccc3[nH]ccc3c2)c2c(N)ncnc21. The van der Waals surface area contributed by atoms with Gasteiger partial charge in [-0.15, -0.1) is 0 Å². The van der Waals surface area contributed by atoms with Gasteiger partial charge in [0, 0.05) is 39.3 Å². The van der Waals surface area contributed by atoms with Gasteiger partial charge in [-0.2, -0.15) is 10.2 Å². The maximum atomic E-state index is 6.38. The Bertz CT molecular complexity index is 1930. The van der Waals surface area contributed by atoms with E-state index in [0.29, 0.717) is 21.9 Å². The molecule has 7 rings (SSSR count). The number of halogens is 1. The Morgan fingerprint density at radius 3 is 2.81 bits per heavy atom. The minimum Gasteiger partial charge on any atom is -0.383 e. The number of hydrogen-bond donors (Lipinski definition) is 2. The van der Waals surface area contributed by atoms with Gasteiger partial charge in [0.15, 0.2) is 5.65 Å². The third kappa shape index (κ3) is 3.35. The monoisotopic (exact) mass is 505 g/mol. The highest BCUT2D eigenvalue weighted by atomic mass is 35.5. The molecule has 5 aromatic heterocycles. The van der Waals surface area contributed by atoms with Crippen molar-refractivity contribution in [1.29, 1.82) is 0 Å². The fraction of sp³-hybridized carbons (Fsp3) is 0.0741. The first-order chi connectivity index (χ1) is 18.1. The summed E-state index contributed by atoms with van der Waals surface area (Å²) in [5.41, 5.74) is 12.3. The van der Waals surface area contributed by atoms with Gasteiger partial charge >= 0.3 is 0 Å². The normalized spacial score (nSPS) is 12.6. The van der Waals surface area contributed by atoms with Crippen molar-refractivity contribution in [3.05, 3.63) is 90.2 Å². The van der Waals surface area contributed by atoms with Crippen LogP contribution >= 0.6 is 11.6 Å². The summed E-state index contributed by atoms with van der Waals surface area (Å²) in [4.78, 5) is 16.3. The van der Waals surface area contributed by atoms with Crippen LogP contribution < -0.4 is 5.73 Å². The number of aromatic nitrogens is 8. The van der Waals surface area contributed by atoms with E-state index >= 15 is 0 Å². The Hall–Kier alpha value is -4.76. The smallest absolute Gasteiger partial charge is 0.164 e. The first kappa shape index (κ1) is 21.5. The fourth-order valence-corrected chi connectivity index (χ4v) is 5.05. The summed E-state index contributed by atoms with van der Waals surface area (Å²) >= 11 is 6.38. The number of nitrogens with one attached hydrogen (secondary N) is 1. The molecule has 0 aliphatic carbocycles. The average molecular weight is 506 g/mol. The van der Waals surface area contributed by atoms with Gasteiger partial charge in [0.05, 0.1) is 34.5 Å². The number of rotatable bonds is 4. The molecule has 1 atom stereocenters. The Morgan fingerprint density at radius 2 is 1.95 bits per heavy atom. The molecule has 0 aliphatic heterocycles. The number of nitrogens with two attached hydrogens (primary N) is 1. The van der Waals surface area contributed by atoms with Gasteiger partial charge in [-0.05, 0) is 55.5 Å². The quantitative estimate of drug-likeness (QED) is 0.324. The summed E-state index contributed by atoms with van der Waals surface area (Å²) in [7, 11) is 0. The van der Waals surface area contributed by atoms with E-state index in [0.717, 1.165) is 44.4 Å². The van der Waals surface area contributed by atoms with E-state index < -0.39 is 0 Å². The predicted octanol–water partition coefficient (Wildman–Crippen LogP) is 5.55. The molecule has 0 bridgehead atoms. The number of nitrogen functional groups attached to an aromatic ring is 1. The first-order valence-electron chi connectivity index (χ1n) is 11.7. The van der Waals surface area contributed by atoms with Crippen LogP contribution in [0.25, 0.3) is 49.8 Å². The van der Waals surface area contributed by atoms with E-state index in [1.807, 2.05) is 71.0 Å². The van der Waals surface area contributed by atoms with E-state index in [4.69, 9.17) is 27.5 Å². The minimum atomic E-state index is -0.275. The number of hydrogen-bond acceptors (Lipinski definition) is 6. The van der Waals surface area contributed by atoms with Crippen molar-refractivity contribution in [2.75, 3.05) is 5.73 Å². The minimum absolute atomic E-state index is 0.275. The van der Waals surface area contributed by atoms with E-state index in [1.54, 1.807) is 12.4 Å². The number of H-pyrrole nitrogens is 1. The van der Waals surface area contributed by atoms with E-state index in [2.05, 4.69) is 26.0 Å². The lowest BCUT2D eigenvalue weighted by molar-refractivity contribution is 0.564. The van der Waals surface area contributed by atoms with Crippen LogP contribution in [0.5, 0.6) is 0 Å². The number of fused-ring (bicyclic) bond motifs is 3. The predicted molar refractivity (Wildman–Crippen MR) is 145 cm³/mol. The van der Waals surface area contributed by atoms with Crippen molar-refractivity contribution in [2.45, 2.75) is 13.0 Å². The van der Waals surface area contributed by atoms with Crippen molar-refractivity contribution in [3.8, 4) is 16.9 Å². The second-order valence-corrected chi connectivity index (χ2v) is 9.31. The zero-order valence-corrected chi connectivity index (χ0v) is 20.4. The fourth-order valence-electron chi connectivity index (χ4n) is 4.88. The molecule has 0 aliphatic rings. The van der Waals surface area contributed by atoms with Gasteiger partial charge < -0.3 is 10.7 Å². The van der Waals surface area contributed by atoms with Gasteiger partial charge in [0.25, 0.3) is 0 Å². The Morgan fingerprint density at radius 1 is 1.03 bits per heavy atom. The van der Waals surface area contributed by atoms with E-state index in [9.17, 15) is 0 Å². The highest BCUT2D eigenvalue weighted by molar-refractivity contribution is 6.31. The van der Waals surface area contributed by atoms with Crippen LogP contribution in [-0.4, -0.2) is 39.5 Å². The van der Waals surface area contributed by atoms with Crippen LogP contribution in [0.15, 0.2) is 79.5 Å². The van der Waals surface area contributed by atoms with Crippen LogP contribution in [0.3, 0.4) is 0 Å². The molecule has 0 saturated heterocycles. The van der Waals surface area contributed by atoms with Crippen LogP contribution in [0.2, 0.25) is 5.02 Å². The highest BCUT2D eigenvalue weighted by Crippen LogP contribution is 2.36. The summed E-state index contributed by atoms with van der Waals surface area (Å²) in [6.45, 7) is 2.05. The van der Waals surface area contributed by atoms with Gasteiger partial charge in [-0.1, -0.05) is 17.7 Å².